The third kappa shape index (κ3) is 5.63. The molecule has 2 atom stereocenters. The van der Waals surface area contributed by atoms with Gasteiger partial charge in [-0.3, -0.25) is 14.4 Å². The summed E-state index contributed by atoms with van der Waals surface area (Å²) in [6.07, 6.45) is -0.494. The number of rotatable bonds is 7. The number of hydrogen-bond acceptors (Lipinski definition) is 5. The van der Waals surface area contributed by atoms with Crippen molar-refractivity contribution in [3.8, 4) is 11.5 Å². The minimum Gasteiger partial charge on any atom is -0.497 e. The van der Waals surface area contributed by atoms with E-state index in [0.717, 1.165) is 49.6 Å². The van der Waals surface area contributed by atoms with E-state index in [1.54, 1.807) is 23.8 Å². The van der Waals surface area contributed by atoms with Crippen LogP contribution in [0.3, 0.4) is 0 Å². The van der Waals surface area contributed by atoms with Crippen molar-refractivity contribution in [3.63, 3.8) is 0 Å². The van der Waals surface area contributed by atoms with E-state index in [9.17, 15) is 27.6 Å². The zero-order valence-corrected chi connectivity index (χ0v) is 22.2. The molecule has 2 aromatic carbocycles. The number of carbonyl (C=O) groups is 2. The first-order valence-electron chi connectivity index (χ1n) is 13.0. The zero-order chi connectivity index (χ0) is 29.5. The van der Waals surface area contributed by atoms with Gasteiger partial charge in [0.1, 0.15) is 29.0 Å². The van der Waals surface area contributed by atoms with Crippen molar-refractivity contribution in [3.05, 3.63) is 87.6 Å². The van der Waals surface area contributed by atoms with Crippen LogP contribution in [-0.2, 0) is 4.79 Å². The van der Waals surface area contributed by atoms with E-state index in [-0.39, 0.29) is 40.7 Å². The van der Waals surface area contributed by atoms with Crippen LogP contribution in [0.25, 0.3) is 0 Å². The number of amides is 2. The van der Waals surface area contributed by atoms with E-state index in [0.29, 0.717) is 5.56 Å². The summed E-state index contributed by atoms with van der Waals surface area (Å²) in [4.78, 5) is 41.8. The number of halogens is 4. The maximum atomic E-state index is 15.2. The molecule has 1 aliphatic heterocycles. The highest BCUT2D eigenvalue weighted by molar-refractivity contribution is 6.05. The highest BCUT2D eigenvalue weighted by Crippen LogP contribution is 2.36. The maximum Gasteiger partial charge on any atom is 0.573 e. The fourth-order valence-electron chi connectivity index (χ4n) is 5.25. The summed E-state index contributed by atoms with van der Waals surface area (Å²) in [5.74, 6) is -3.18. The Hall–Kier alpha value is -4.35. The largest absolute Gasteiger partial charge is 0.573 e. The predicted octanol–water partition coefficient (Wildman–Crippen LogP) is 4.86. The standard InChI is InChI=1S/C29H27F4N3O5/c1-16-12-13-35(18-4-3-5-18)28(39)25(16)36-15-22(21-11-10-20(40-2)14-23(21)30)24(27(36)38)34-26(37)17-6-8-19(9-7-17)41-29(31,32)33/h6-14,18,22,24H,3-5,15H2,1-2H3,(H,34,37)/t22-,24-/m0/s1. The van der Waals surface area contributed by atoms with Gasteiger partial charge in [0, 0.05) is 36.3 Å². The molecule has 8 nitrogen and oxygen atoms in total. The normalized spacial score (nSPS) is 19.2. The summed E-state index contributed by atoms with van der Waals surface area (Å²) in [7, 11) is 1.38. The molecule has 2 aliphatic rings. The molecule has 1 aromatic heterocycles. The lowest BCUT2D eigenvalue weighted by atomic mass is 9.92. The third-order valence-electron chi connectivity index (χ3n) is 7.59. The van der Waals surface area contributed by atoms with E-state index in [1.807, 2.05) is 0 Å². The third-order valence-corrected chi connectivity index (χ3v) is 7.59. The quantitative estimate of drug-likeness (QED) is 0.408. The first kappa shape index (κ1) is 28.2. The van der Waals surface area contributed by atoms with Gasteiger partial charge in [0.2, 0.25) is 5.91 Å². The molecule has 0 radical (unpaired) electrons. The number of ether oxygens (including phenoxy) is 2. The van der Waals surface area contributed by atoms with Crippen LogP contribution >= 0.6 is 0 Å². The molecular formula is C29H27F4N3O5. The zero-order valence-electron chi connectivity index (χ0n) is 22.2. The Morgan fingerprint density at radius 2 is 1.71 bits per heavy atom. The number of nitrogens with one attached hydrogen (secondary N) is 1. The molecule has 41 heavy (non-hydrogen) atoms. The number of aromatic nitrogens is 1. The lowest BCUT2D eigenvalue weighted by Crippen LogP contribution is -2.45. The van der Waals surface area contributed by atoms with Crippen molar-refractivity contribution in [2.45, 2.75) is 50.6 Å². The molecule has 5 rings (SSSR count). The average Bonchev–Trinajstić information content (AvgIpc) is 3.19. The second-order valence-electron chi connectivity index (χ2n) is 10.1. The Labute approximate surface area is 232 Å². The molecular weight excluding hydrogens is 546 g/mol. The number of pyridine rings is 1. The molecule has 0 spiro atoms. The fraction of sp³-hybridized carbons (Fsp3) is 0.345. The average molecular weight is 574 g/mol. The van der Waals surface area contributed by atoms with Crippen molar-refractivity contribution in [1.82, 2.24) is 9.88 Å². The van der Waals surface area contributed by atoms with Crippen LogP contribution in [0.1, 0.15) is 52.7 Å². The van der Waals surface area contributed by atoms with Gasteiger partial charge in [0.05, 0.1) is 7.11 Å². The Balaban J connectivity index is 1.49. The van der Waals surface area contributed by atoms with Gasteiger partial charge in [-0.2, -0.15) is 0 Å². The van der Waals surface area contributed by atoms with Gasteiger partial charge >= 0.3 is 6.36 Å². The number of alkyl halides is 3. The van der Waals surface area contributed by atoms with Gasteiger partial charge in [-0.05, 0) is 73.7 Å². The molecule has 3 aromatic rings. The topological polar surface area (TPSA) is 89.9 Å². The number of carbonyl (C=O) groups excluding carboxylic acids is 2. The predicted molar refractivity (Wildman–Crippen MR) is 141 cm³/mol. The lowest BCUT2D eigenvalue weighted by Gasteiger charge is -2.29. The first-order chi connectivity index (χ1) is 19.5. The van der Waals surface area contributed by atoms with E-state index < -0.39 is 41.7 Å². The van der Waals surface area contributed by atoms with Crippen molar-refractivity contribution in [2.24, 2.45) is 0 Å². The Kier molecular flexibility index (Phi) is 7.50. The van der Waals surface area contributed by atoms with Crippen LogP contribution in [-0.4, -0.2) is 42.4 Å². The minimum absolute atomic E-state index is 0.0363. The number of methoxy groups -OCH3 is 1. The molecule has 2 heterocycles. The molecule has 0 unspecified atom stereocenters. The van der Waals surface area contributed by atoms with Crippen LogP contribution in [0, 0.1) is 12.7 Å². The van der Waals surface area contributed by atoms with Gasteiger partial charge in [-0.1, -0.05) is 6.07 Å². The van der Waals surface area contributed by atoms with Gasteiger partial charge in [-0.15, -0.1) is 13.2 Å². The van der Waals surface area contributed by atoms with Crippen molar-refractivity contribution in [2.75, 3.05) is 18.6 Å². The summed E-state index contributed by atoms with van der Waals surface area (Å²) in [6, 6.07) is 8.86. The number of nitrogens with zero attached hydrogens (tertiary/aromatic N) is 2. The fourth-order valence-corrected chi connectivity index (χ4v) is 5.25. The summed E-state index contributed by atoms with van der Waals surface area (Å²) >= 11 is 0. The maximum absolute atomic E-state index is 15.2. The molecule has 1 saturated heterocycles. The van der Waals surface area contributed by atoms with Crippen molar-refractivity contribution in [1.29, 1.82) is 0 Å². The lowest BCUT2D eigenvalue weighted by molar-refractivity contribution is -0.274. The Morgan fingerprint density at radius 1 is 1.02 bits per heavy atom. The second-order valence-corrected chi connectivity index (χ2v) is 10.1. The molecule has 1 aliphatic carbocycles. The first-order valence-corrected chi connectivity index (χ1v) is 13.0. The molecule has 2 amide bonds. The van der Waals surface area contributed by atoms with Crippen LogP contribution < -0.4 is 25.2 Å². The highest BCUT2D eigenvalue weighted by atomic mass is 19.4. The van der Waals surface area contributed by atoms with Gasteiger partial charge in [0.25, 0.3) is 11.5 Å². The van der Waals surface area contributed by atoms with Gasteiger partial charge in [0.15, 0.2) is 0 Å². The molecule has 0 bridgehead atoms. The van der Waals surface area contributed by atoms with Crippen molar-refractivity contribution >= 4 is 17.5 Å². The summed E-state index contributed by atoms with van der Waals surface area (Å²) in [5.41, 5.74) is 0.467. The van der Waals surface area contributed by atoms with Gasteiger partial charge in [-0.25, -0.2) is 4.39 Å². The highest BCUT2D eigenvalue weighted by Gasteiger charge is 2.45. The summed E-state index contributed by atoms with van der Waals surface area (Å²) < 4.78 is 63.3. The van der Waals surface area contributed by atoms with Crippen LogP contribution in [0.2, 0.25) is 0 Å². The smallest absolute Gasteiger partial charge is 0.497 e. The number of aryl methyl sites for hydroxylation is 1. The molecule has 1 N–H and O–H groups in total. The number of anilines is 1. The van der Waals surface area contributed by atoms with E-state index in [1.165, 1.54) is 24.1 Å². The van der Waals surface area contributed by atoms with Crippen LogP contribution in [0.5, 0.6) is 11.5 Å². The van der Waals surface area contributed by atoms with Gasteiger partial charge < -0.3 is 24.3 Å². The number of benzene rings is 2. The Bertz CT molecular complexity index is 1530. The summed E-state index contributed by atoms with van der Waals surface area (Å²) in [6.45, 7) is 1.62. The number of hydrogen-bond donors (Lipinski definition) is 1. The SMILES string of the molecule is COc1ccc([C@@H]2CN(c3c(C)ccn(C4CCC4)c3=O)C(=O)[C@H]2NC(=O)c2ccc(OC(F)(F)F)cc2)c(F)c1. The second kappa shape index (κ2) is 10.9. The Morgan fingerprint density at radius 3 is 2.29 bits per heavy atom. The van der Waals surface area contributed by atoms with E-state index >= 15 is 4.39 Å². The van der Waals surface area contributed by atoms with Crippen LogP contribution in [0.15, 0.2) is 59.5 Å². The van der Waals surface area contributed by atoms with E-state index in [4.69, 9.17) is 4.74 Å². The molecule has 2 fully saturated rings. The van der Waals surface area contributed by atoms with E-state index in [2.05, 4.69) is 10.1 Å². The molecule has 12 heteroatoms. The minimum atomic E-state index is -4.90. The molecule has 216 valence electrons. The monoisotopic (exact) mass is 573 g/mol. The molecule has 1 saturated carbocycles. The summed E-state index contributed by atoms with van der Waals surface area (Å²) in [5, 5.41) is 2.62. The van der Waals surface area contributed by atoms with Crippen LogP contribution in [0.4, 0.5) is 23.2 Å². The van der Waals surface area contributed by atoms with Crippen molar-refractivity contribution < 1.29 is 36.6 Å².